The van der Waals surface area contributed by atoms with Crippen molar-refractivity contribution in [2.75, 3.05) is 0 Å². The summed E-state index contributed by atoms with van der Waals surface area (Å²) < 4.78 is 6.32. The van der Waals surface area contributed by atoms with E-state index in [1.807, 2.05) is 0 Å². The predicted molar refractivity (Wildman–Crippen MR) is 85.3 cm³/mol. The molecule has 0 aromatic heterocycles. The van der Waals surface area contributed by atoms with Crippen LogP contribution in [0.5, 0.6) is 5.75 Å². The largest absolute Gasteiger partial charge is 0.490 e. The van der Waals surface area contributed by atoms with Crippen molar-refractivity contribution in [3.05, 3.63) is 28.8 Å². The van der Waals surface area contributed by atoms with Gasteiger partial charge in [-0.15, -0.1) is 0 Å². The molecule has 2 N–H and O–H groups in total. The third-order valence-electron chi connectivity index (χ3n) is 4.25. The van der Waals surface area contributed by atoms with Gasteiger partial charge >= 0.3 is 0 Å². The highest BCUT2D eigenvalue weighted by molar-refractivity contribution is 5.43. The molecular formula is C18H29NO. The zero-order valence-corrected chi connectivity index (χ0v) is 13.4. The molecule has 0 amide bonds. The Morgan fingerprint density at radius 3 is 2.45 bits per heavy atom. The summed E-state index contributed by atoms with van der Waals surface area (Å²) >= 11 is 0. The summed E-state index contributed by atoms with van der Waals surface area (Å²) in [5.41, 5.74) is 9.71. The van der Waals surface area contributed by atoms with Crippen molar-refractivity contribution < 1.29 is 4.74 Å². The maximum absolute atomic E-state index is 6.32. The lowest BCUT2D eigenvalue weighted by Crippen LogP contribution is -2.25. The van der Waals surface area contributed by atoms with E-state index >= 15 is 0 Å². The molecule has 20 heavy (non-hydrogen) atoms. The van der Waals surface area contributed by atoms with Gasteiger partial charge in [-0.3, -0.25) is 0 Å². The minimum absolute atomic E-state index is 0.208. The molecule has 0 bridgehead atoms. The Labute approximate surface area is 123 Å². The van der Waals surface area contributed by atoms with Gasteiger partial charge in [0.15, 0.2) is 0 Å². The fourth-order valence-electron chi connectivity index (χ4n) is 3.37. The van der Waals surface area contributed by atoms with Crippen LogP contribution in [0.2, 0.25) is 0 Å². The average molecular weight is 275 g/mol. The van der Waals surface area contributed by atoms with Crippen molar-refractivity contribution in [1.82, 2.24) is 0 Å². The van der Waals surface area contributed by atoms with Gasteiger partial charge in [-0.1, -0.05) is 25.5 Å². The van der Waals surface area contributed by atoms with E-state index in [1.54, 1.807) is 0 Å². The highest BCUT2D eigenvalue weighted by Gasteiger charge is 2.21. The molecule has 0 spiro atoms. The van der Waals surface area contributed by atoms with Crippen molar-refractivity contribution in [3.63, 3.8) is 0 Å². The SMILES string of the molecule is Cc1cc(CC(C)N)cc(C)c1OC1CCCC(C)C1. The van der Waals surface area contributed by atoms with Crippen molar-refractivity contribution >= 4 is 0 Å². The quantitative estimate of drug-likeness (QED) is 0.896. The lowest BCUT2D eigenvalue weighted by molar-refractivity contribution is 0.127. The summed E-state index contributed by atoms with van der Waals surface area (Å²) in [4.78, 5) is 0. The Morgan fingerprint density at radius 1 is 1.25 bits per heavy atom. The molecule has 3 unspecified atom stereocenters. The molecule has 2 heteroatoms. The summed E-state index contributed by atoms with van der Waals surface area (Å²) in [7, 11) is 0. The summed E-state index contributed by atoms with van der Waals surface area (Å²) in [6, 6.07) is 4.68. The van der Waals surface area contributed by atoms with Crippen molar-refractivity contribution in [1.29, 1.82) is 0 Å². The number of hydrogen-bond donors (Lipinski definition) is 1. The summed E-state index contributed by atoms with van der Waals surface area (Å²) in [6.07, 6.45) is 6.38. The normalized spacial score (nSPS) is 24.4. The molecule has 2 rings (SSSR count). The third-order valence-corrected chi connectivity index (χ3v) is 4.25. The highest BCUT2D eigenvalue weighted by Crippen LogP contribution is 2.31. The Morgan fingerprint density at radius 2 is 1.90 bits per heavy atom. The second kappa shape index (κ2) is 6.62. The van der Waals surface area contributed by atoms with Crippen LogP contribution in [0.1, 0.15) is 56.2 Å². The molecule has 112 valence electrons. The monoisotopic (exact) mass is 275 g/mol. The second-order valence-electron chi connectivity index (χ2n) is 6.75. The van der Waals surface area contributed by atoms with E-state index in [-0.39, 0.29) is 6.04 Å². The van der Waals surface area contributed by atoms with Crippen LogP contribution in [0.15, 0.2) is 12.1 Å². The number of nitrogens with two attached hydrogens (primary N) is 1. The van der Waals surface area contributed by atoms with E-state index in [0.717, 1.165) is 18.1 Å². The first-order chi connectivity index (χ1) is 9.45. The van der Waals surface area contributed by atoms with Gasteiger partial charge in [0.2, 0.25) is 0 Å². The topological polar surface area (TPSA) is 35.2 Å². The highest BCUT2D eigenvalue weighted by atomic mass is 16.5. The van der Waals surface area contributed by atoms with E-state index < -0.39 is 0 Å². The molecule has 0 radical (unpaired) electrons. The molecule has 0 saturated heterocycles. The van der Waals surface area contributed by atoms with Crippen LogP contribution in [0.25, 0.3) is 0 Å². The Bertz CT molecular complexity index is 430. The molecule has 1 aromatic rings. The summed E-state index contributed by atoms with van der Waals surface area (Å²) in [5, 5.41) is 0. The van der Waals surface area contributed by atoms with Crippen molar-refractivity contribution in [2.24, 2.45) is 11.7 Å². The van der Waals surface area contributed by atoms with Gasteiger partial charge < -0.3 is 10.5 Å². The van der Waals surface area contributed by atoms with Gasteiger partial charge in [-0.25, -0.2) is 0 Å². The van der Waals surface area contributed by atoms with E-state index in [4.69, 9.17) is 10.5 Å². The minimum Gasteiger partial charge on any atom is -0.490 e. The molecule has 3 atom stereocenters. The molecule has 0 aliphatic heterocycles. The lowest BCUT2D eigenvalue weighted by Gasteiger charge is -2.29. The fraction of sp³-hybridized carbons (Fsp3) is 0.667. The summed E-state index contributed by atoms with van der Waals surface area (Å²) in [5.74, 6) is 1.89. The van der Waals surface area contributed by atoms with Gasteiger partial charge in [0, 0.05) is 6.04 Å². The average Bonchev–Trinajstić information content (AvgIpc) is 2.33. The molecule has 1 aliphatic rings. The summed E-state index contributed by atoms with van der Waals surface area (Å²) in [6.45, 7) is 8.69. The van der Waals surface area contributed by atoms with E-state index in [2.05, 4.69) is 39.8 Å². The first kappa shape index (κ1) is 15.4. The Hall–Kier alpha value is -1.02. The smallest absolute Gasteiger partial charge is 0.125 e. The van der Waals surface area contributed by atoms with E-state index in [0.29, 0.717) is 6.10 Å². The molecule has 1 fully saturated rings. The number of aryl methyl sites for hydroxylation is 2. The molecular weight excluding hydrogens is 246 g/mol. The van der Waals surface area contributed by atoms with Gasteiger partial charge in [0.25, 0.3) is 0 Å². The lowest BCUT2D eigenvalue weighted by atomic mass is 9.88. The Balaban J connectivity index is 2.11. The Kier molecular flexibility index (Phi) is 5.09. The molecule has 0 heterocycles. The van der Waals surface area contributed by atoms with Crippen LogP contribution in [-0.4, -0.2) is 12.1 Å². The first-order valence-corrected chi connectivity index (χ1v) is 7.98. The second-order valence-corrected chi connectivity index (χ2v) is 6.75. The van der Waals surface area contributed by atoms with Crippen LogP contribution in [0, 0.1) is 19.8 Å². The van der Waals surface area contributed by atoms with E-state index in [1.165, 1.54) is 42.4 Å². The van der Waals surface area contributed by atoms with Crippen LogP contribution >= 0.6 is 0 Å². The predicted octanol–water partition coefficient (Wildman–Crippen LogP) is 4.15. The molecule has 1 aromatic carbocycles. The maximum Gasteiger partial charge on any atom is 0.125 e. The van der Waals surface area contributed by atoms with Crippen LogP contribution < -0.4 is 10.5 Å². The minimum atomic E-state index is 0.208. The van der Waals surface area contributed by atoms with Crippen molar-refractivity contribution in [2.45, 2.75) is 71.9 Å². The number of hydrogen-bond acceptors (Lipinski definition) is 2. The number of ether oxygens (including phenoxy) is 1. The van der Waals surface area contributed by atoms with Gasteiger partial charge in [-0.05, 0) is 69.1 Å². The first-order valence-electron chi connectivity index (χ1n) is 7.98. The zero-order valence-electron chi connectivity index (χ0n) is 13.4. The third kappa shape index (κ3) is 3.99. The van der Waals surface area contributed by atoms with Gasteiger partial charge in [0.1, 0.15) is 5.75 Å². The van der Waals surface area contributed by atoms with Gasteiger partial charge in [-0.2, -0.15) is 0 Å². The number of benzene rings is 1. The maximum atomic E-state index is 6.32. The van der Waals surface area contributed by atoms with Crippen LogP contribution in [0.3, 0.4) is 0 Å². The standard InChI is InChI=1S/C18H29NO/c1-12-6-5-7-17(8-12)20-18-13(2)9-16(10-14(18)3)11-15(4)19/h9-10,12,15,17H,5-8,11,19H2,1-4H3. The molecule has 1 aliphatic carbocycles. The van der Waals surface area contributed by atoms with Crippen LogP contribution in [-0.2, 0) is 6.42 Å². The molecule has 1 saturated carbocycles. The number of rotatable bonds is 4. The van der Waals surface area contributed by atoms with Crippen LogP contribution in [0.4, 0.5) is 0 Å². The van der Waals surface area contributed by atoms with Crippen molar-refractivity contribution in [3.8, 4) is 5.75 Å². The fourth-order valence-corrected chi connectivity index (χ4v) is 3.37. The zero-order chi connectivity index (χ0) is 14.7. The van der Waals surface area contributed by atoms with Gasteiger partial charge in [0.05, 0.1) is 6.10 Å². The van der Waals surface area contributed by atoms with E-state index in [9.17, 15) is 0 Å². The molecule has 2 nitrogen and oxygen atoms in total.